The second kappa shape index (κ2) is 5.72. The van der Waals surface area contributed by atoms with Gasteiger partial charge in [0.15, 0.2) is 17.3 Å². The van der Waals surface area contributed by atoms with Gasteiger partial charge in [-0.15, -0.1) is 0 Å². The first-order valence-corrected chi connectivity index (χ1v) is 6.58. The van der Waals surface area contributed by atoms with Gasteiger partial charge in [0.05, 0.1) is 10.0 Å². The van der Waals surface area contributed by atoms with Crippen molar-refractivity contribution in [2.45, 2.75) is 6.92 Å². The first kappa shape index (κ1) is 14.0. The van der Waals surface area contributed by atoms with Crippen LogP contribution in [-0.2, 0) is 0 Å². The van der Waals surface area contributed by atoms with Crippen LogP contribution in [0.5, 0.6) is 11.5 Å². The molecule has 0 unspecified atom stereocenters. The summed E-state index contributed by atoms with van der Waals surface area (Å²) in [6.07, 6.45) is 0. The molecule has 19 heavy (non-hydrogen) atoms. The number of halogens is 3. The zero-order valence-corrected chi connectivity index (χ0v) is 12.3. The molecule has 2 rings (SSSR count). The van der Waals surface area contributed by atoms with E-state index in [1.165, 1.54) is 25.1 Å². The molecule has 0 aliphatic carbocycles. The summed E-state index contributed by atoms with van der Waals surface area (Å²) in [5, 5.41) is 0.527. The second-order valence-corrected chi connectivity index (χ2v) is 5.14. The molecule has 0 aliphatic heterocycles. The number of para-hydroxylation sites is 1. The third kappa shape index (κ3) is 3.14. The van der Waals surface area contributed by atoms with E-state index in [0.717, 1.165) is 0 Å². The maximum atomic E-state index is 13.8. The van der Waals surface area contributed by atoms with Crippen LogP contribution in [0.25, 0.3) is 0 Å². The fourth-order valence-corrected chi connectivity index (χ4v) is 2.32. The van der Waals surface area contributed by atoms with E-state index in [1.54, 1.807) is 18.2 Å². The predicted octanol–water partition coefficient (Wildman–Crippen LogP) is 5.24. The van der Waals surface area contributed by atoms with E-state index in [0.29, 0.717) is 15.2 Å². The third-order valence-corrected chi connectivity index (χ3v) is 3.31. The van der Waals surface area contributed by atoms with Crippen LogP contribution >= 0.6 is 27.5 Å². The zero-order chi connectivity index (χ0) is 14.0. The minimum Gasteiger partial charge on any atom is -0.452 e. The minimum absolute atomic E-state index is 0.0852. The quantitative estimate of drug-likeness (QED) is 0.713. The summed E-state index contributed by atoms with van der Waals surface area (Å²) in [5.74, 6) is -0.552. The van der Waals surface area contributed by atoms with Crippen molar-refractivity contribution < 1.29 is 13.9 Å². The minimum atomic E-state index is -0.588. The van der Waals surface area contributed by atoms with Gasteiger partial charge in [-0.2, -0.15) is 0 Å². The molecule has 0 spiro atoms. The number of rotatable bonds is 3. The molecule has 0 bridgehead atoms. The second-order valence-electron chi connectivity index (χ2n) is 3.85. The van der Waals surface area contributed by atoms with Gasteiger partial charge >= 0.3 is 0 Å². The monoisotopic (exact) mass is 342 g/mol. The Morgan fingerprint density at radius 2 is 2.05 bits per heavy atom. The smallest absolute Gasteiger partial charge is 0.173 e. The Morgan fingerprint density at radius 3 is 2.68 bits per heavy atom. The van der Waals surface area contributed by atoms with Crippen molar-refractivity contribution in [3.8, 4) is 11.5 Å². The lowest BCUT2D eigenvalue weighted by Gasteiger charge is -2.11. The van der Waals surface area contributed by atoms with Crippen molar-refractivity contribution in [2.24, 2.45) is 0 Å². The maximum absolute atomic E-state index is 13.8. The molecule has 0 fully saturated rings. The van der Waals surface area contributed by atoms with Crippen LogP contribution in [0.2, 0.25) is 5.02 Å². The van der Waals surface area contributed by atoms with Gasteiger partial charge in [0.2, 0.25) is 0 Å². The molecular formula is C14H9BrClFO2. The van der Waals surface area contributed by atoms with Crippen molar-refractivity contribution in [3.05, 3.63) is 57.3 Å². The Bertz CT molecular complexity index is 643. The summed E-state index contributed by atoms with van der Waals surface area (Å²) in [4.78, 5) is 11.5. The van der Waals surface area contributed by atoms with Crippen molar-refractivity contribution >= 4 is 33.3 Å². The predicted molar refractivity (Wildman–Crippen MR) is 75.6 cm³/mol. The Kier molecular flexibility index (Phi) is 4.22. The summed E-state index contributed by atoms with van der Waals surface area (Å²) >= 11 is 9.09. The van der Waals surface area contributed by atoms with Gasteiger partial charge in [-0.3, -0.25) is 4.79 Å². The summed E-state index contributed by atoms with van der Waals surface area (Å²) < 4.78 is 19.9. The molecule has 0 saturated heterocycles. The number of ketones is 1. The lowest BCUT2D eigenvalue weighted by atomic mass is 10.1. The van der Waals surface area contributed by atoms with Gasteiger partial charge in [0.25, 0.3) is 0 Å². The van der Waals surface area contributed by atoms with Crippen LogP contribution < -0.4 is 4.74 Å². The Balaban J connectivity index is 2.46. The van der Waals surface area contributed by atoms with Crippen LogP contribution in [0.15, 0.2) is 40.9 Å². The number of ether oxygens (including phenoxy) is 1. The molecular weight excluding hydrogens is 335 g/mol. The molecule has 0 amide bonds. The number of benzene rings is 2. The number of carbonyl (C=O) groups is 1. The highest BCUT2D eigenvalue weighted by molar-refractivity contribution is 9.10. The van der Waals surface area contributed by atoms with Gasteiger partial charge < -0.3 is 4.74 Å². The number of carbonyl (C=O) groups excluding carboxylic acids is 1. The van der Waals surface area contributed by atoms with Crippen LogP contribution in [-0.4, -0.2) is 5.78 Å². The normalized spacial score (nSPS) is 10.3. The van der Waals surface area contributed by atoms with E-state index in [1.807, 2.05) is 0 Å². The summed E-state index contributed by atoms with van der Waals surface area (Å²) in [6, 6.07) is 9.08. The Labute approximate surface area is 123 Å². The van der Waals surface area contributed by atoms with Gasteiger partial charge in [-0.1, -0.05) is 17.7 Å². The van der Waals surface area contributed by atoms with Gasteiger partial charge in [-0.05, 0) is 53.2 Å². The molecule has 0 aliphatic rings. The molecule has 0 N–H and O–H groups in total. The van der Waals surface area contributed by atoms with E-state index < -0.39 is 5.82 Å². The molecule has 2 nitrogen and oxygen atoms in total. The third-order valence-electron chi connectivity index (χ3n) is 2.45. The van der Waals surface area contributed by atoms with Crippen LogP contribution in [0, 0.1) is 5.82 Å². The van der Waals surface area contributed by atoms with Gasteiger partial charge in [-0.25, -0.2) is 4.39 Å². The Morgan fingerprint density at radius 1 is 1.32 bits per heavy atom. The van der Waals surface area contributed by atoms with Crippen molar-refractivity contribution in [1.29, 1.82) is 0 Å². The highest BCUT2D eigenvalue weighted by Gasteiger charge is 2.15. The highest BCUT2D eigenvalue weighted by atomic mass is 79.9. The largest absolute Gasteiger partial charge is 0.452 e. The fourth-order valence-electron chi connectivity index (χ4n) is 1.56. The topological polar surface area (TPSA) is 26.3 Å². The average Bonchev–Trinajstić information content (AvgIpc) is 2.34. The summed E-state index contributed by atoms with van der Waals surface area (Å²) in [6.45, 7) is 1.36. The van der Waals surface area contributed by atoms with Crippen molar-refractivity contribution in [2.75, 3.05) is 0 Å². The van der Waals surface area contributed by atoms with Crippen molar-refractivity contribution in [1.82, 2.24) is 0 Å². The summed E-state index contributed by atoms with van der Waals surface area (Å²) in [7, 11) is 0. The number of hydrogen-bond acceptors (Lipinski definition) is 2. The summed E-state index contributed by atoms with van der Waals surface area (Å²) in [5.41, 5.74) is 0.196. The van der Waals surface area contributed by atoms with E-state index >= 15 is 0 Å². The lowest BCUT2D eigenvalue weighted by Crippen LogP contribution is -1.99. The first-order valence-electron chi connectivity index (χ1n) is 5.41. The lowest BCUT2D eigenvalue weighted by molar-refractivity contribution is 0.101. The molecule has 2 aromatic carbocycles. The molecule has 0 saturated carbocycles. The molecule has 5 heteroatoms. The SMILES string of the molecule is CC(=O)c1cccc(F)c1Oc1ccc(Cl)cc1Br. The maximum Gasteiger partial charge on any atom is 0.173 e. The molecule has 0 heterocycles. The van der Waals surface area contributed by atoms with Crippen LogP contribution in [0.1, 0.15) is 17.3 Å². The van der Waals surface area contributed by atoms with E-state index in [-0.39, 0.29) is 17.1 Å². The molecule has 98 valence electrons. The number of hydrogen-bond donors (Lipinski definition) is 0. The van der Waals surface area contributed by atoms with Crippen molar-refractivity contribution in [3.63, 3.8) is 0 Å². The fraction of sp³-hybridized carbons (Fsp3) is 0.0714. The standard InChI is InChI=1S/C14H9BrClFO2/c1-8(18)10-3-2-4-12(17)14(10)19-13-6-5-9(16)7-11(13)15/h2-7H,1H3. The number of Topliss-reactive ketones (excluding diaryl/α,β-unsaturated/α-hetero) is 1. The highest BCUT2D eigenvalue weighted by Crippen LogP contribution is 2.34. The van der Waals surface area contributed by atoms with Gasteiger partial charge in [0.1, 0.15) is 5.75 Å². The van der Waals surface area contributed by atoms with E-state index in [4.69, 9.17) is 16.3 Å². The van der Waals surface area contributed by atoms with E-state index in [2.05, 4.69) is 15.9 Å². The first-order chi connectivity index (χ1) is 8.99. The molecule has 0 radical (unpaired) electrons. The van der Waals surface area contributed by atoms with Crippen LogP contribution in [0.3, 0.4) is 0 Å². The molecule has 2 aromatic rings. The van der Waals surface area contributed by atoms with Gasteiger partial charge in [0, 0.05) is 5.02 Å². The molecule has 0 atom stereocenters. The van der Waals surface area contributed by atoms with Crippen LogP contribution in [0.4, 0.5) is 4.39 Å². The average molecular weight is 344 g/mol. The Hall–Kier alpha value is -1.39. The van der Waals surface area contributed by atoms with E-state index in [9.17, 15) is 9.18 Å². The zero-order valence-electron chi connectivity index (χ0n) is 9.91. The molecule has 0 aromatic heterocycles.